The van der Waals surface area contributed by atoms with Gasteiger partial charge in [0.05, 0.1) is 12.6 Å². The van der Waals surface area contributed by atoms with Crippen molar-refractivity contribution >= 4 is 28.1 Å². The molecule has 5 heteroatoms. The quantitative estimate of drug-likeness (QED) is 0.443. The van der Waals surface area contributed by atoms with E-state index in [0.717, 1.165) is 15.6 Å². The number of aryl methyl sites for hydroxylation is 1. The number of hydrogen-bond acceptors (Lipinski definition) is 3. The first kappa shape index (κ1) is 17.9. The van der Waals surface area contributed by atoms with Crippen LogP contribution in [0.2, 0.25) is 0 Å². The molecule has 2 aromatic rings. The summed E-state index contributed by atoms with van der Waals surface area (Å²) in [7, 11) is 0. The maximum Gasteiger partial charge on any atom is 0.244 e. The Labute approximate surface area is 150 Å². The van der Waals surface area contributed by atoms with Gasteiger partial charge in [0.25, 0.3) is 0 Å². The molecule has 0 aliphatic heterocycles. The lowest BCUT2D eigenvalue weighted by Crippen LogP contribution is -2.19. The fourth-order valence-corrected chi connectivity index (χ4v) is 2.38. The zero-order chi connectivity index (χ0) is 17.4. The van der Waals surface area contributed by atoms with Crippen LogP contribution in [0, 0.1) is 6.92 Å². The first-order chi connectivity index (χ1) is 11.6. The fraction of sp³-hybridized carbons (Fsp3) is 0.158. The summed E-state index contributed by atoms with van der Waals surface area (Å²) in [5.74, 6) is 0.508. The molecule has 2 rings (SSSR count). The number of amides is 1. The van der Waals surface area contributed by atoms with E-state index in [-0.39, 0.29) is 12.3 Å². The number of nitrogens with zero attached hydrogens (tertiary/aromatic N) is 1. The zero-order valence-electron chi connectivity index (χ0n) is 13.5. The van der Waals surface area contributed by atoms with Crippen LogP contribution in [0.25, 0.3) is 0 Å². The number of rotatable bonds is 7. The van der Waals surface area contributed by atoms with E-state index in [0.29, 0.717) is 12.4 Å². The van der Waals surface area contributed by atoms with Crippen molar-refractivity contribution in [2.45, 2.75) is 13.3 Å². The molecule has 0 saturated heterocycles. The number of benzene rings is 2. The molecule has 1 amide bonds. The monoisotopic (exact) mass is 386 g/mol. The Hall–Kier alpha value is -2.40. The number of hydrazone groups is 1. The molecule has 0 aromatic heterocycles. The van der Waals surface area contributed by atoms with Crippen LogP contribution in [0.1, 0.15) is 16.7 Å². The molecular formula is C19H19BrN2O2. The highest BCUT2D eigenvalue weighted by molar-refractivity contribution is 9.10. The summed E-state index contributed by atoms with van der Waals surface area (Å²) in [5, 5.41) is 4.01. The number of ether oxygens (including phenoxy) is 1. The van der Waals surface area contributed by atoms with Crippen LogP contribution in [-0.2, 0) is 11.2 Å². The van der Waals surface area contributed by atoms with Crippen LogP contribution in [0.4, 0.5) is 0 Å². The summed E-state index contributed by atoms with van der Waals surface area (Å²) in [6.07, 6.45) is 3.53. The Morgan fingerprint density at radius 3 is 2.75 bits per heavy atom. The summed E-state index contributed by atoms with van der Waals surface area (Å²) < 4.78 is 6.47. The van der Waals surface area contributed by atoms with Crippen molar-refractivity contribution in [1.29, 1.82) is 0 Å². The Bertz CT molecular complexity index is 740. The Morgan fingerprint density at radius 2 is 2.04 bits per heavy atom. The largest absolute Gasteiger partial charge is 0.489 e. The second-order valence-electron chi connectivity index (χ2n) is 5.24. The predicted molar refractivity (Wildman–Crippen MR) is 100 cm³/mol. The van der Waals surface area contributed by atoms with Crippen molar-refractivity contribution in [1.82, 2.24) is 5.43 Å². The molecule has 1 N–H and O–H groups in total. The van der Waals surface area contributed by atoms with E-state index in [1.807, 2.05) is 49.4 Å². The Morgan fingerprint density at radius 1 is 1.29 bits per heavy atom. The van der Waals surface area contributed by atoms with E-state index in [1.54, 1.807) is 12.3 Å². The molecule has 0 radical (unpaired) electrons. The van der Waals surface area contributed by atoms with Gasteiger partial charge in [0, 0.05) is 10.0 Å². The van der Waals surface area contributed by atoms with Crippen LogP contribution < -0.4 is 10.2 Å². The van der Waals surface area contributed by atoms with Gasteiger partial charge in [-0.1, -0.05) is 58.4 Å². The minimum atomic E-state index is -0.168. The number of carbonyl (C=O) groups is 1. The first-order valence-corrected chi connectivity index (χ1v) is 8.28. The van der Waals surface area contributed by atoms with Crippen molar-refractivity contribution < 1.29 is 9.53 Å². The predicted octanol–water partition coefficient (Wildman–Crippen LogP) is 4.02. The third-order valence-electron chi connectivity index (χ3n) is 3.21. The van der Waals surface area contributed by atoms with Gasteiger partial charge < -0.3 is 4.74 Å². The SMILES string of the molecule is C=CCOc1ccc(Br)cc1/C=N/NC(=O)Cc1ccc(C)cc1. The van der Waals surface area contributed by atoms with Gasteiger partial charge in [-0.2, -0.15) is 5.10 Å². The summed E-state index contributed by atoms with van der Waals surface area (Å²) in [6.45, 7) is 6.05. The molecule has 0 fully saturated rings. The third-order valence-corrected chi connectivity index (χ3v) is 3.70. The molecule has 24 heavy (non-hydrogen) atoms. The smallest absolute Gasteiger partial charge is 0.244 e. The van der Waals surface area contributed by atoms with Gasteiger partial charge in [0.1, 0.15) is 12.4 Å². The van der Waals surface area contributed by atoms with Gasteiger partial charge in [-0.3, -0.25) is 4.79 Å². The summed E-state index contributed by atoms with van der Waals surface area (Å²) in [4.78, 5) is 11.9. The van der Waals surface area contributed by atoms with Crippen molar-refractivity contribution in [3.8, 4) is 5.75 Å². The van der Waals surface area contributed by atoms with Gasteiger partial charge in [-0.25, -0.2) is 5.43 Å². The standard InChI is InChI=1S/C19H19BrN2O2/c1-3-10-24-18-9-8-17(20)12-16(18)13-21-22-19(23)11-15-6-4-14(2)5-7-15/h3-9,12-13H,1,10-11H2,2H3,(H,22,23)/b21-13+. The average Bonchev–Trinajstić information content (AvgIpc) is 2.56. The maximum atomic E-state index is 11.9. The molecule has 0 atom stereocenters. The molecule has 2 aromatic carbocycles. The van der Waals surface area contributed by atoms with Crippen LogP contribution >= 0.6 is 15.9 Å². The van der Waals surface area contributed by atoms with Crippen LogP contribution in [0.15, 0.2) is 64.7 Å². The highest BCUT2D eigenvalue weighted by Gasteiger charge is 2.04. The summed E-state index contributed by atoms with van der Waals surface area (Å²) >= 11 is 3.41. The van der Waals surface area contributed by atoms with Crippen molar-refractivity contribution in [3.05, 3.63) is 76.3 Å². The van der Waals surface area contributed by atoms with E-state index in [1.165, 1.54) is 5.56 Å². The van der Waals surface area contributed by atoms with Gasteiger partial charge in [-0.05, 0) is 30.7 Å². The molecule has 0 heterocycles. The lowest BCUT2D eigenvalue weighted by atomic mass is 10.1. The molecule has 0 saturated carbocycles. The van der Waals surface area contributed by atoms with Crippen molar-refractivity contribution in [3.63, 3.8) is 0 Å². The van der Waals surface area contributed by atoms with Gasteiger partial charge >= 0.3 is 0 Å². The van der Waals surface area contributed by atoms with E-state index in [4.69, 9.17) is 4.74 Å². The molecule has 4 nitrogen and oxygen atoms in total. The average molecular weight is 387 g/mol. The number of hydrogen-bond donors (Lipinski definition) is 1. The second-order valence-corrected chi connectivity index (χ2v) is 6.15. The Balaban J connectivity index is 1.97. The molecule has 0 unspecified atom stereocenters. The lowest BCUT2D eigenvalue weighted by molar-refractivity contribution is -0.120. The third kappa shape index (κ3) is 5.66. The van der Waals surface area contributed by atoms with Gasteiger partial charge in [-0.15, -0.1) is 0 Å². The van der Waals surface area contributed by atoms with Gasteiger partial charge in [0.2, 0.25) is 5.91 Å². The molecule has 124 valence electrons. The van der Waals surface area contributed by atoms with Crippen LogP contribution in [-0.4, -0.2) is 18.7 Å². The first-order valence-electron chi connectivity index (χ1n) is 7.49. The normalized spacial score (nSPS) is 10.6. The zero-order valence-corrected chi connectivity index (χ0v) is 15.0. The molecule has 0 aliphatic carbocycles. The highest BCUT2D eigenvalue weighted by Crippen LogP contribution is 2.21. The number of halogens is 1. The van der Waals surface area contributed by atoms with Crippen molar-refractivity contribution in [2.24, 2.45) is 5.10 Å². The molecule has 0 aliphatic rings. The van der Waals surface area contributed by atoms with E-state index in [2.05, 4.69) is 33.0 Å². The lowest BCUT2D eigenvalue weighted by Gasteiger charge is -2.07. The van der Waals surface area contributed by atoms with E-state index in [9.17, 15) is 4.79 Å². The van der Waals surface area contributed by atoms with Gasteiger partial charge in [0.15, 0.2) is 0 Å². The molecule has 0 spiro atoms. The van der Waals surface area contributed by atoms with E-state index >= 15 is 0 Å². The minimum Gasteiger partial charge on any atom is -0.489 e. The number of carbonyl (C=O) groups excluding carboxylic acids is 1. The summed E-state index contributed by atoms with van der Waals surface area (Å²) in [5.41, 5.74) is 5.42. The maximum absolute atomic E-state index is 11.9. The van der Waals surface area contributed by atoms with E-state index < -0.39 is 0 Å². The molecular weight excluding hydrogens is 368 g/mol. The Kier molecular flexibility index (Phi) is 6.75. The van der Waals surface area contributed by atoms with Crippen LogP contribution in [0.5, 0.6) is 5.75 Å². The molecule has 0 bridgehead atoms. The van der Waals surface area contributed by atoms with Crippen LogP contribution in [0.3, 0.4) is 0 Å². The topological polar surface area (TPSA) is 50.7 Å². The van der Waals surface area contributed by atoms with Crippen molar-refractivity contribution in [2.75, 3.05) is 6.61 Å². The highest BCUT2D eigenvalue weighted by atomic mass is 79.9. The fourth-order valence-electron chi connectivity index (χ4n) is 2.01. The minimum absolute atomic E-state index is 0.168. The number of nitrogens with one attached hydrogen (secondary N) is 1. The second kappa shape index (κ2) is 9.03. The summed E-state index contributed by atoms with van der Waals surface area (Å²) in [6, 6.07) is 13.4.